The number of halogens is 1. The summed E-state index contributed by atoms with van der Waals surface area (Å²) < 4.78 is 24.6. The second kappa shape index (κ2) is 11.4. The van der Waals surface area contributed by atoms with Gasteiger partial charge >= 0.3 is 5.91 Å². The zero-order valence-corrected chi connectivity index (χ0v) is 20.7. The summed E-state index contributed by atoms with van der Waals surface area (Å²) >= 11 is 2.19. The van der Waals surface area contributed by atoms with Gasteiger partial charge in [0.2, 0.25) is 20.9 Å². The van der Waals surface area contributed by atoms with Gasteiger partial charge in [-0.2, -0.15) is 0 Å². The maximum Gasteiger partial charge on any atom is 0.363 e. The number of nitro groups is 1. The summed E-state index contributed by atoms with van der Waals surface area (Å²) in [7, 11) is -2.75. The van der Waals surface area contributed by atoms with Crippen LogP contribution in [0, 0.1) is 20.6 Å². The Morgan fingerprint density at radius 3 is 2.44 bits per heavy atom. The number of rotatable bonds is 8. The molecule has 174 valence electrons. The first-order valence-electron chi connectivity index (χ1n) is 9.66. The van der Waals surface area contributed by atoms with E-state index in [4.69, 9.17) is 0 Å². The summed E-state index contributed by atoms with van der Waals surface area (Å²) in [6.07, 6.45) is 0. The molecule has 0 heterocycles. The van der Waals surface area contributed by atoms with Gasteiger partial charge in [-0.3, -0.25) is 19.6 Å². The molecular formula is C21H18IN6O5S+. The molecule has 0 aromatic heterocycles. The summed E-state index contributed by atoms with van der Waals surface area (Å²) in [5.41, 5.74) is 2.87. The van der Waals surface area contributed by atoms with Crippen molar-refractivity contribution < 1.29 is 18.1 Å². The highest BCUT2D eigenvalue weighted by Gasteiger charge is 2.20. The fourth-order valence-electron chi connectivity index (χ4n) is 2.87. The molecule has 0 aliphatic carbocycles. The molecule has 0 unspecified atom stereocenters. The lowest BCUT2D eigenvalue weighted by Crippen LogP contribution is -2.04. The SMILES string of the molecule is Cc1cc(I)ccc1Nc1ccc([N+](=O)[O-])cc1C(=O)N=[N+]=NCc1ccc(N[SH](=O)=O)cc1. The van der Waals surface area contributed by atoms with E-state index < -0.39 is 21.7 Å². The molecule has 0 radical (unpaired) electrons. The van der Waals surface area contributed by atoms with Crippen molar-refractivity contribution in [3.8, 4) is 0 Å². The molecule has 3 rings (SSSR count). The van der Waals surface area contributed by atoms with E-state index in [1.54, 1.807) is 24.3 Å². The largest absolute Gasteiger partial charge is 0.363 e. The molecular weight excluding hydrogens is 575 g/mol. The van der Waals surface area contributed by atoms with Gasteiger partial charge in [0.05, 0.1) is 16.2 Å². The van der Waals surface area contributed by atoms with Gasteiger partial charge < -0.3 is 5.32 Å². The Morgan fingerprint density at radius 2 is 1.79 bits per heavy atom. The number of carbonyl (C=O) groups excluding carboxylic acids is 1. The predicted molar refractivity (Wildman–Crippen MR) is 136 cm³/mol. The number of amides is 1. The van der Waals surface area contributed by atoms with E-state index in [9.17, 15) is 23.3 Å². The van der Waals surface area contributed by atoms with Crippen LogP contribution in [0.15, 0.2) is 70.9 Å². The number of aryl methyl sites for hydroxylation is 1. The zero-order valence-electron chi connectivity index (χ0n) is 17.6. The number of nitro benzene ring substituents is 1. The van der Waals surface area contributed by atoms with E-state index in [1.165, 1.54) is 12.1 Å². The van der Waals surface area contributed by atoms with Gasteiger partial charge in [0, 0.05) is 27.1 Å². The Bertz CT molecular complexity index is 1380. The highest BCUT2D eigenvalue weighted by Crippen LogP contribution is 2.28. The number of benzene rings is 3. The minimum absolute atomic E-state index is 0.0201. The Balaban J connectivity index is 1.80. The first kappa shape index (κ1) is 25.0. The lowest BCUT2D eigenvalue weighted by Gasteiger charge is -2.11. The first-order valence-corrected chi connectivity index (χ1v) is 11.9. The average Bonchev–Trinajstić information content (AvgIpc) is 2.79. The molecule has 0 fully saturated rings. The monoisotopic (exact) mass is 593 g/mol. The maximum atomic E-state index is 12.7. The fourth-order valence-corrected chi connectivity index (χ4v) is 3.88. The number of non-ortho nitro benzene ring substituents is 1. The van der Waals surface area contributed by atoms with Gasteiger partial charge in [0.25, 0.3) is 5.69 Å². The van der Waals surface area contributed by atoms with Gasteiger partial charge in [0.15, 0.2) is 0 Å². The molecule has 13 heteroatoms. The molecule has 2 N–H and O–H groups in total. The number of nitrogens with zero attached hydrogens (tertiary/aromatic N) is 4. The van der Waals surface area contributed by atoms with Crippen LogP contribution in [0.2, 0.25) is 0 Å². The average molecular weight is 593 g/mol. The van der Waals surface area contributed by atoms with Crippen molar-refractivity contribution >= 4 is 62.1 Å². The molecule has 0 atom stereocenters. The lowest BCUT2D eigenvalue weighted by molar-refractivity contribution is -0.384. The molecule has 0 saturated carbocycles. The second-order valence-electron chi connectivity index (χ2n) is 6.93. The zero-order chi connectivity index (χ0) is 24.7. The molecule has 0 aliphatic rings. The van der Waals surface area contributed by atoms with E-state index >= 15 is 0 Å². The van der Waals surface area contributed by atoms with Crippen molar-refractivity contribution in [3.63, 3.8) is 0 Å². The standard InChI is InChI=1S/C21H17IN6O5S/c1-13-10-15(22)4-8-19(13)24-20-9-7-17(28(30)31)11-18(20)21(29)25-27-23-12-14-2-5-16(6-3-14)26-34(32)33/h2-11,34H,12H2,1H3,(H-,24,26,29,32,33)/p+1. The smallest absolute Gasteiger partial charge is 0.355 e. The van der Waals surface area contributed by atoms with E-state index in [0.29, 0.717) is 16.9 Å². The molecule has 3 aromatic carbocycles. The van der Waals surface area contributed by atoms with Crippen molar-refractivity contribution in [2.24, 2.45) is 10.2 Å². The summed E-state index contributed by atoms with van der Waals surface area (Å²) in [6, 6.07) is 16.0. The van der Waals surface area contributed by atoms with Crippen molar-refractivity contribution in [2.75, 3.05) is 10.0 Å². The number of hydrogen-bond donors (Lipinski definition) is 3. The van der Waals surface area contributed by atoms with Crippen LogP contribution in [0.5, 0.6) is 0 Å². The maximum absolute atomic E-state index is 12.7. The Kier molecular flexibility index (Phi) is 8.40. The van der Waals surface area contributed by atoms with Crippen molar-refractivity contribution in [2.45, 2.75) is 13.5 Å². The third kappa shape index (κ3) is 6.91. The van der Waals surface area contributed by atoms with Gasteiger partial charge in [0.1, 0.15) is 11.7 Å². The van der Waals surface area contributed by atoms with Crippen LogP contribution >= 0.6 is 22.6 Å². The normalized spacial score (nSPS) is 10.3. The molecule has 0 spiro atoms. The molecule has 1 amide bonds. The van der Waals surface area contributed by atoms with Crippen LogP contribution in [0.4, 0.5) is 22.7 Å². The van der Waals surface area contributed by atoms with E-state index in [1.807, 2.05) is 25.1 Å². The molecule has 0 saturated heterocycles. The highest BCUT2D eigenvalue weighted by atomic mass is 127. The Hall–Kier alpha value is -3.68. The third-order valence-electron chi connectivity index (χ3n) is 4.53. The van der Waals surface area contributed by atoms with Crippen LogP contribution in [0.25, 0.3) is 0 Å². The second-order valence-corrected chi connectivity index (χ2v) is 8.91. The van der Waals surface area contributed by atoms with Crippen LogP contribution in [-0.4, -0.2) is 19.2 Å². The van der Waals surface area contributed by atoms with Gasteiger partial charge in [-0.15, -0.1) is 0 Å². The number of hydrogen-bond acceptors (Lipinski definition) is 7. The highest BCUT2D eigenvalue weighted by molar-refractivity contribution is 14.1. The summed E-state index contributed by atoms with van der Waals surface area (Å²) in [6.45, 7) is 2.00. The van der Waals surface area contributed by atoms with Crippen molar-refractivity contribution in [1.29, 1.82) is 0 Å². The minimum atomic E-state index is -2.75. The van der Waals surface area contributed by atoms with Crippen LogP contribution < -0.4 is 15.0 Å². The molecule has 0 aliphatic heterocycles. The third-order valence-corrected chi connectivity index (χ3v) is 5.64. The molecule has 34 heavy (non-hydrogen) atoms. The molecule has 11 nitrogen and oxygen atoms in total. The molecule has 0 bridgehead atoms. The Morgan fingerprint density at radius 1 is 1.09 bits per heavy atom. The first-order chi connectivity index (χ1) is 16.2. The lowest BCUT2D eigenvalue weighted by atomic mass is 10.1. The number of carbonyl (C=O) groups is 1. The van der Waals surface area contributed by atoms with E-state index in [0.717, 1.165) is 20.9 Å². The summed E-state index contributed by atoms with van der Waals surface area (Å²) in [5, 5.41) is 21.7. The Labute approximate surface area is 209 Å². The van der Waals surface area contributed by atoms with Gasteiger partial charge in [-0.1, -0.05) is 12.1 Å². The van der Waals surface area contributed by atoms with Gasteiger partial charge in [-0.25, -0.2) is 8.42 Å². The van der Waals surface area contributed by atoms with Crippen LogP contribution in [0.1, 0.15) is 21.5 Å². The quantitative estimate of drug-likeness (QED) is 0.0872. The van der Waals surface area contributed by atoms with Crippen LogP contribution in [-0.2, 0) is 17.4 Å². The van der Waals surface area contributed by atoms with Gasteiger partial charge in [-0.05, 0) is 77.0 Å². The predicted octanol–water partition coefficient (Wildman–Crippen LogP) is 4.50. The number of anilines is 3. The topological polar surface area (TPSA) is 157 Å². The number of thiol groups is 1. The summed E-state index contributed by atoms with van der Waals surface area (Å²) in [5.74, 6) is -0.795. The van der Waals surface area contributed by atoms with Crippen LogP contribution in [0.3, 0.4) is 0 Å². The minimum Gasteiger partial charge on any atom is -0.355 e. The van der Waals surface area contributed by atoms with Crippen molar-refractivity contribution in [1.82, 2.24) is 4.91 Å². The fraction of sp³-hybridized carbons (Fsp3) is 0.0952. The summed E-state index contributed by atoms with van der Waals surface area (Å²) in [4.78, 5) is 26.8. The van der Waals surface area contributed by atoms with E-state index in [2.05, 4.69) is 47.8 Å². The molecule has 3 aromatic rings. The number of nitrogens with one attached hydrogen (secondary N) is 2. The van der Waals surface area contributed by atoms with E-state index in [-0.39, 0.29) is 17.8 Å². The van der Waals surface area contributed by atoms with Crippen molar-refractivity contribution in [3.05, 3.63) is 91.0 Å².